The first-order valence-electron chi connectivity index (χ1n) is 4.68. The fourth-order valence-electron chi connectivity index (χ4n) is 1.25. The predicted octanol–water partition coefficient (Wildman–Crippen LogP) is 1.06. The van der Waals surface area contributed by atoms with Crippen LogP contribution in [0.15, 0.2) is 48.5 Å². The van der Waals surface area contributed by atoms with Gasteiger partial charge in [-0.2, -0.15) is 0 Å². The number of hydrogen-bond donors (Lipinski definition) is 2. The number of nitrogens with one attached hydrogen (secondary N) is 2. The SMILES string of the molecule is O=C(Nc1cccnc1)C1=CC=CCN1. The van der Waals surface area contributed by atoms with Crippen LogP contribution in [0.2, 0.25) is 0 Å². The van der Waals surface area contributed by atoms with Gasteiger partial charge in [0.15, 0.2) is 0 Å². The molecule has 0 bridgehead atoms. The summed E-state index contributed by atoms with van der Waals surface area (Å²) >= 11 is 0. The zero-order valence-electron chi connectivity index (χ0n) is 8.10. The van der Waals surface area contributed by atoms with Crippen molar-refractivity contribution < 1.29 is 4.79 Å². The second-order valence-electron chi connectivity index (χ2n) is 3.09. The van der Waals surface area contributed by atoms with Crippen LogP contribution in [0.4, 0.5) is 5.69 Å². The number of allylic oxidation sites excluding steroid dienone is 2. The average Bonchev–Trinajstić information content (AvgIpc) is 2.31. The van der Waals surface area contributed by atoms with Crippen molar-refractivity contribution in [2.45, 2.75) is 0 Å². The number of carbonyl (C=O) groups is 1. The molecule has 1 aromatic rings. The van der Waals surface area contributed by atoms with Gasteiger partial charge in [-0.25, -0.2) is 0 Å². The predicted molar refractivity (Wildman–Crippen MR) is 58.1 cm³/mol. The van der Waals surface area contributed by atoms with E-state index in [0.29, 0.717) is 17.9 Å². The van der Waals surface area contributed by atoms with Gasteiger partial charge in [0.05, 0.1) is 11.9 Å². The van der Waals surface area contributed by atoms with Crippen LogP contribution in [-0.4, -0.2) is 17.4 Å². The number of amides is 1. The Hall–Kier alpha value is -2.10. The highest BCUT2D eigenvalue weighted by Crippen LogP contribution is 2.05. The van der Waals surface area contributed by atoms with Crippen molar-refractivity contribution in [2.75, 3.05) is 11.9 Å². The molecule has 0 saturated carbocycles. The summed E-state index contributed by atoms with van der Waals surface area (Å²) in [6, 6.07) is 3.57. The van der Waals surface area contributed by atoms with Gasteiger partial charge in [-0.15, -0.1) is 0 Å². The first-order chi connectivity index (χ1) is 7.36. The third-order valence-electron chi connectivity index (χ3n) is 1.97. The summed E-state index contributed by atoms with van der Waals surface area (Å²) in [6.45, 7) is 0.687. The van der Waals surface area contributed by atoms with Crippen molar-refractivity contribution in [3.63, 3.8) is 0 Å². The van der Waals surface area contributed by atoms with Crippen molar-refractivity contribution in [3.05, 3.63) is 48.5 Å². The molecule has 1 amide bonds. The van der Waals surface area contributed by atoms with Gasteiger partial charge in [-0.3, -0.25) is 9.78 Å². The molecule has 0 unspecified atom stereocenters. The quantitative estimate of drug-likeness (QED) is 0.752. The zero-order chi connectivity index (χ0) is 10.5. The van der Waals surface area contributed by atoms with Crippen molar-refractivity contribution in [1.29, 1.82) is 0 Å². The van der Waals surface area contributed by atoms with E-state index in [2.05, 4.69) is 15.6 Å². The van der Waals surface area contributed by atoms with Crippen LogP contribution < -0.4 is 10.6 Å². The van der Waals surface area contributed by atoms with Crippen LogP contribution in [0, 0.1) is 0 Å². The van der Waals surface area contributed by atoms with Crippen LogP contribution in [0.1, 0.15) is 0 Å². The fourth-order valence-corrected chi connectivity index (χ4v) is 1.25. The van der Waals surface area contributed by atoms with Gasteiger partial charge in [0.1, 0.15) is 5.70 Å². The van der Waals surface area contributed by atoms with Crippen LogP contribution in [-0.2, 0) is 4.79 Å². The minimum Gasteiger partial charge on any atom is -0.377 e. The Morgan fingerprint density at radius 1 is 1.53 bits per heavy atom. The third kappa shape index (κ3) is 2.43. The van der Waals surface area contributed by atoms with Crippen molar-refractivity contribution in [2.24, 2.45) is 0 Å². The number of dihydropyridines is 1. The van der Waals surface area contributed by atoms with Gasteiger partial charge in [-0.1, -0.05) is 12.2 Å². The fraction of sp³-hybridized carbons (Fsp3) is 0.0909. The molecule has 76 valence electrons. The molecule has 1 aliphatic rings. The largest absolute Gasteiger partial charge is 0.377 e. The summed E-state index contributed by atoms with van der Waals surface area (Å²) in [7, 11) is 0. The molecule has 1 aliphatic heterocycles. The number of rotatable bonds is 2. The number of carbonyl (C=O) groups excluding carboxylic acids is 1. The summed E-state index contributed by atoms with van der Waals surface area (Å²) in [5, 5.41) is 5.73. The monoisotopic (exact) mass is 201 g/mol. The van der Waals surface area contributed by atoms with Gasteiger partial charge >= 0.3 is 0 Å². The van der Waals surface area contributed by atoms with Crippen LogP contribution in [0.25, 0.3) is 0 Å². The average molecular weight is 201 g/mol. The molecule has 2 N–H and O–H groups in total. The maximum absolute atomic E-state index is 11.7. The Morgan fingerprint density at radius 2 is 2.47 bits per heavy atom. The normalized spacial score (nSPS) is 14.0. The number of nitrogens with zero attached hydrogens (tertiary/aromatic N) is 1. The maximum Gasteiger partial charge on any atom is 0.271 e. The second kappa shape index (κ2) is 4.41. The Labute approximate surface area is 87.7 Å². The number of hydrogen-bond acceptors (Lipinski definition) is 3. The lowest BCUT2D eigenvalue weighted by Gasteiger charge is -2.11. The molecule has 0 atom stereocenters. The number of aromatic nitrogens is 1. The maximum atomic E-state index is 11.7. The first-order valence-corrected chi connectivity index (χ1v) is 4.68. The Bertz CT molecular complexity index is 409. The number of pyridine rings is 1. The molecule has 0 fully saturated rings. The molecule has 2 rings (SSSR count). The molecule has 0 aromatic carbocycles. The van der Waals surface area contributed by atoms with E-state index in [0.717, 1.165) is 0 Å². The van der Waals surface area contributed by atoms with Crippen molar-refractivity contribution in [1.82, 2.24) is 10.3 Å². The van der Waals surface area contributed by atoms with Gasteiger partial charge < -0.3 is 10.6 Å². The third-order valence-corrected chi connectivity index (χ3v) is 1.97. The van der Waals surface area contributed by atoms with E-state index in [1.54, 1.807) is 30.6 Å². The molecule has 15 heavy (non-hydrogen) atoms. The van der Waals surface area contributed by atoms with Crippen LogP contribution in [0.3, 0.4) is 0 Å². The molecule has 4 heteroatoms. The minimum atomic E-state index is -0.146. The molecule has 1 aromatic heterocycles. The molecule has 0 spiro atoms. The minimum absolute atomic E-state index is 0.146. The highest BCUT2D eigenvalue weighted by atomic mass is 16.2. The van der Waals surface area contributed by atoms with E-state index in [-0.39, 0.29) is 5.91 Å². The molecule has 0 radical (unpaired) electrons. The van der Waals surface area contributed by atoms with Gasteiger partial charge in [-0.05, 0) is 18.2 Å². The summed E-state index contributed by atoms with van der Waals surface area (Å²) in [6.07, 6.45) is 8.82. The molecule has 0 aliphatic carbocycles. The van der Waals surface area contributed by atoms with Crippen LogP contribution in [0.5, 0.6) is 0 Å². The van der Waals surface area contributed by atoms with Crippen molar-refractivity contribution >= 4 is 11.6 Å². The van der Waals surface area contributed by atoms with Gasteiger partial charge in [0.2, 0.25) is 0 Å². The Kier molecular flexibility index (Phi) is 2.78. The molecule has 0 saturated heterocycles. The van der Waals surface area contributed by atoms with E-state index >= 15 is 0 Å². The van der Waals surface area contributed by atoms with E-state index in [1.165, 1.54) is 0 Å². The van der Waals surface area contributed by atoms with Crippen LogP contribution >= 0.6 is 0 Å². The Morgan fingerprint density at radius 3 is 3.13 bits per heavy atom. The highest BCUT2D eigenvalue weighted by Gasteiger charge is 2.09. The van der Waals surface area contributed by atoms with E-state index in [4.69, 9.17) is 0 Å². The lowest BCUT2D eigenvalue weighted by molar-refractivity contribution is -0.113. The topological polar surface area (TPSA) is 54.0 Å². The number of anilines is 1. The lowest BCUT2D eigenvalue weighted by atomic mass is 10.2. The summed E-state index contributed by atoms with van der Waals surface area (Å²) in [5.41, 5.74) is 1.26. The summed E-state index contributed by atoms with van der Waals surface area (Å²) < 4.78 is 0. The lowest BCUT2D eigenvalue weighted by Crippen LogP contribution is -2.27. The standard InChI is InChI=1S/C11H11N3O/c15-11(10-5-1-2-7-13-10)14-9-4-3-6-12-8-9/h1-6,8,13H,7H2,(H,14,15). The first kappa shape index (κ1) is 9.45. The van der Waals surface area contributed by atoms with Gasteiger partial charge in [0.25, 0.3) is 5.91 Å². The summed E-state index contributed by atoms with van der Waals surface area (Å²) in [4.78, 5) is 15.6. The molecular formula is C11H11N3O. The molecule has 4 nitrogen and oxygen atoms in total. The van der Waals surface area contributed by atoms with E-state index in [1.807, 2.05) is 12.2 Å². The second-order valence-corrected chi connectivity index (χ2v) is 3.09. The molecule has 2 heterocycles. The molecular weight excluding hydrogens is 190 g/mol. The van der Waals surface area contributed by atoms with E-state index < -0.39 is 0 Å². The highest BCUT2D eigenvalue weighted by molar-refractivity contribution is 6.03. The van der Waals surface area contributed by atoms with Crippen molar-refractivity contribution in [3.8, 4) is 0 Å². The summed E-state index contributed by atoms with van der Waals surface area (Å²) in [5.74, 6) is -0.146. The zero-order valence-corrected chi connectivity index (χ0v) is 8.10. The smallest absolute Gasteiger partial charge is 0.271 e. The van der Waals surface area contributed by atoms with Gasteiger partial charge in [0, 0.05) is 12.7 Å². The van der Waals surface area contributed by atoms with E-state index in [9.17, 15) is 4.79 Å². The Balaban J connectivity index is 2.04.